The molecule has 0 radical (unpaired) electrons. The number of halogens is 1. The summed E-state index contributed by atoms with van der Waals surface area (Å²) in [7, 11) is -3.90. The van der Waals surface area contributed by atoms with Gasteiger partial charge >= 0.3 is 0 Å². The van der Waals surface area contributed by atoms with Crippen molar-refractivity contribution in [2.75, 3.05) is 17.1 Å². The van der Waals surface area contributed by atoms with E-state index in [-0.39, 0.29) is 24.2 Å². The highest BCUT2D eigenvalue weighted by Gasteiger charge is 2.32. The largest absolute Gasteiger partial charge is 0.352 e. The predicted octanol–water partition coefficient (Wildman–Crippen LogP) is 4.16. The molecular weight excluding hydrogens is 481 g/mol. The Bertz CT molecular complexity index is 1170. The number of amides is 2. The van der Waals surface area contributed by atoms with Crippen LogP contribution in [0.25, 0.3) is 0 Å². The van der Waals surface area contributed by atoms with Gasteiger partial charge in [-0.05, 0) is 49.9 Å². The van der Waals surface area contributed by atoms with Gasteiger partial charge in [-0.1, -0.05) is 62.1 Å². The molecule has 2 aromatic rings. The fourth-order valence-electron chi connectivity index (χ4n) is 4.72. The molecular formula is C27H36FN3O4S. The first-order valence-corrected chi connectivity index (χ1v) is 14.3. The lowest BCUT2D eigenvalue weighted by molar-refractivity contribution is -0.140. The maximum atomic E-state index is 13.9. The van der Waals surface area contributed by atoms with E-state index in [1.54, 1.807) is 0 Å². The van der Waals surface area contributed by atoms with E-state index in [9.17, 15) is 22.4 Å². The minimum atomic E-state index is -3.90. The van der Waals surface area contributed by atoms with Gasteiger partial charge in [0, 0.05) is 12.6 Å². The second kappa shape index (κ2) is 12.3. The number of nitrogens with one attached hydrogen (secondary N) is 1. The van der Waals surface area contributed by atoms with Crippen molar-refractivity contribution in [1.29, 1.82) is 0 Å². The Balaban J connectivity index is 1.91. The number of rotatable bonds is 10. The maximum Gasteiger partial charge on any atom is 0.244 e. The molecule has 0 unspecified atom stereocenters. The summed E-state index contributed by atoms with van der Waals surface area (Å²) in [5, 5.41) is 3.11. The van der Waals surface area contributed by atoms with Crippen molar-refractivity contribution in [3.8, 4) is 0 Å². The Morgan fingerprint density at radius 2 is 1.78 bits per heavy atom. The van der Waals surface area contributed by atoms with Crippen LogP contribution in [-0.2, 0) is 26.2 Å². The van der Waals surface area contributed by atoms with E-state index >= 15 is 0 Å². The van der Waals surface area contributed by atoms with Crippen molar-refractivity contribution in [2.24, 2.45) is 0 Å². The van der Waals surface area contributed by atoms with Gasteiger partial charge in [0.1, 0.15) is 18.4 Å². The zero-order valence-corrected chi connectivity index (χ0v) is 22.1. The van der Waals surface area contributed by atoms with Crippen molar-refractivity contribution >= 4 is 27.5 Å². The van der Waals surface area contributed by atoms with Crippen LogP contribution in [0, 0.1) is 12.7 Å². The van der Waals surface area contributed by atoms with Gasteiger partial charge in [-0.2, -0.15) is 0 Å². The van der Waals surface area contributed by atoms with Crippen molar-refractivity contribution in [3.63, 3.8) is 0 Å². The summed E-state index contributed by atoms with van der Waals surface area (Å²) < 4.78 is 39.9. The molecule has 0 heterocycles. The van der Waals surface area contributed by atoms with Gasteiger partial charge in [-0.15, -0.1) is 0 Å². The Morgan fingerprint density at radius 3 is 2.39 bits per heavy atom. The lowest BCUT2D eigenvalue weighted by Crippen LogP contribution is -2.53. The highest BCUT2D eigenvalue weighted by molar-refractivity contribution is 7.92. The first-order valence-electron chi connectivity index (χ1n) is 12.5. The van der Waals surface area contributed by atoms with Crippen LogP contribution in [-0.4, -0.2) is 50.0 Å². The van der Waals surface area contributed by atoms with E-state index in [4.69, 9.17) is 0 Å². The van der Waals surface area contributed by atoms with Crippen LogP contribution in [0.3, 0.4) is 0 Å². The SMILES string of the molecule is CC[C@@H](C(=O)NC1CCCCC1)N(Cc1cccc(C)c1)C(=O)CN(c1cccc(F)c1)S(C)(=O)=O. The van der Waals surface area contributed by atoms with Gasteiger partial charge in [-0.3, -0.25) is 13.9 Å². The van der Waals surface area contributed by atoms with Gasteiger partial charge < -0.3 is 10.2 Å². The molecule has 1 atom stereocenters. The number of aryl methyl sites for hydroxylation is 1. The first kappa shape index (κ1) is 27.6. The molecule has 3 rings (SSSR count). The smallest absolute Gasteiger partial charge is 0.244 e. The number of hydrogen-bond acceptors (Lipinski definition) is 4. The molecule has 0 bridgehead atoms. The fraction of sp³-hybridized carbons (Fsp3) is 0.481. The molecule has 36 heavy (non-hydrogen) atoms. The molecule has 1 N–H and O–H groups in total. The summed E-state index contributed by atoms with van der Waals surface area (Å²) in [5.74, 6) is -1.37. The summed E-state index contributed by atoms with van der Waals surface area (Å²) in [6, 6.07) is 12.1. The molecule has 9 heteroatoms. The standard InChI is InChI=1S/C27H36FN3O4S/c1-4-25(27(33)29-23-13-6-5-7-14-23)30(18-21-11-8-10-20(2)16-21)26(32)19-31(36(3,34)35)24-15-9-12-22(28)17-24/h8-12,15-17,23,25H,4-7,13-14,18-19H2,1-3H3,(H,29,33)/t25-/m0/s1. The molecule has 0 aliphatic heterocycles. The summed E-state index contributed by atoms with van der Waals surface area (Å²) >= 11 is 0. The molecule has 1 aliphatic rings. The van der Waals surface area contributed by atoms with Crippen LogP contribution in [0.1, 0.15) is 56.6 Å². The monoisotopic (exact) mass is 517 g/mol. The predicted molar refractivity (Wildman–Crippen MR) is 139 cm³/mol. The zero-order valence-electron chi connectivity index (χ0n) is 21.2. The van der Waals surface area contributed by atoms with Crippen LogP contribution < -0.4 is 9.62 Å². The van der Waals surface area contributed by atoms with Gasteiger partial charge in [0.05, 0.1) is 11.9 Å². The minimum Gasteiger partial charge on any atom is -0.352 e. The number of anilines is 1. The average Bonchev–Trinajstić information content (AvgIpc) is 2.82. The quantitative estimate of drug-likeness (QED) is 0.513. The number of nitrogens with zero attached hydrogens (tertiary/aromatic N) is 2. The Labute approximate surface area is 213 Å². The Hall–Kier alpha value is -2.94. The van der Waals surface area contributed by atoms with Crippen LogP contribution in [0.15, 0.2) is 48.5 Å². The normalized spacial score (nSPS) is 15.2. The summed E-state index contributed by atoms with van der Waals surface area (Å²) in [4.78, 5) is 28.5. The molecule has 1 aliphatic carbocycles. The minimum absolute atomic E-state index is 0.0565. The van der Waals surface area contributed by atoms with Gasteiger partial charge in [0.25, 0.3) is 0 Å². The second-order valence-corrected chi connectivity index (χ2v) is 11.4. The third-order valence-corrected chi connectivity index (χ3v) is 7.69. The fourth-order valence-corrected chi connectivity index (χ4v) is 5.56. The highest BCUT2D eigenvalue weighted by atomic mass is 32.2. The molecule has 196 valence electrons. The van der Waals surface area contributed by atoms with Gasteiger partial charge in [-0.25, -0.2) is 12.8 Å². The number of hydrogen-bond donors (Lipinski definition) is 1. The maximum absolute atomic E-state index is 13.9. The first-order chi connectivity index (χ1) is 17.1. The number of benzene rings is 2. The van der Waals surface area contributed by atoms with Crippen molar-refractivity contribution < 1.29 is 22.4 Å². The van der Waals surface area contributed by atoms with Crippen molar-refractivity contribution in [3.05, 3.63) is 65.5 Å². The molecule has 1 saturated carbocycles. The zero-order chi connectivity index (χ0) is 26.3. The van der Waals surface area contributed by atoms with Crippen molar-refractivity contribution in [2.45, 2.75) is 71.0 Å². The molecule has 0 spiro atoms. The molecule has 0 saturated heterocycles. The van der Waals surface area contributed by atoms with E-state index in [1.807, 2.05) is 38.1 Å². The third-order valence-electron chi connectivity index (χ3n) is 6.55. The van der Waals surface area contributed by atoms with E-state index in [0.717, 1.165) is 59.9 Å². The van der Waals surface area contributed by atoms with Crippen LogP contribution >= 0.6 is 0 Å². The van der Waals surface area contributed by atoms with Crippen LogP contribution in [0.2, 0.25) is 0 Å². The van der Waals surface area contributed by atoms with Crippen molar-refractivity contribution in [1.82, 2.24) is 10.2 Å². The van der Waals surface area contributed by atoms with Gasteiger partial charge in [0.15, 0.2) is 0 Å². The van der Waals surface area contributed by atoms with Crippen LogP contribution in [0.4, 0.5) is 10.1 Å². The van der Waals surface area contributed by atoms with E-state index in [0.29, 0.717) is 6.42 Å². The molecule has 1 fully saturated rings. The number of carbonyl (C=O) groups is 2. The highest BCUT2D eigenvalue weighted by Crippen LogP contribution is 2.22. The molecule has 7 nitrogen and oxygen atoms in total. The summed E-state index contributed by atoms with van der Waals surface area (Å²) in [6.07, 6.45) is 6.45. The lowest BCUT2D eigenvalue weighted by atomic mass is 9.95. The van der Waals surface area contributed by atoms with Crippen LogP contribution in [0.5, 0.6) is 0 Å². The lowest BCUT2D eigenvalue weighted by Gasteiger charge is -2.34. The van der Waals surface area contributed by atoms with Gasteiger partial charge in [0.2, 0.25) is 21.8 Å². The topological polar surface area (TPSA) is 86.8 Å². The second-order valence-electron chi connectivity index (χ2n) is 9.53. The Kier molecular flexibility index (Phi) is 9.48. The molecule has 0 aromatic heterocycles. The third kappa shape index (κ3) is 7.53. The number of carbonyl (C=O) groups excluding carboxylic acids is 2. The molecule has 2 amide bonds. The number of sulfonamides is 1. The summed E-state index contributed by atoms with van der Waals surface area (Å²) in [5.41, 5.74) is 1.90. The van der Waals surface area contributed by atoms with E-state index in [1.165, 1.54) is 23.1 Å². The molecule has 2 aromatic carbocycles. The van der Waals surface area contributed by atoms with E-state index in [2.05, 4.69) is 5.32 Å². The Morgan fingerprint density at radius 1 is 1.08 bits per heavy atom. The average molecular weight is 518 g/mol. The van der Waals surface area contributed by atoms with E-state index < -0.39 is 34.3 Å². The summed E-state index contributed by atoms with van der Waals surface area (Å²) in [6.45, 7) is 3.39.